The van der Waals surface area contributed by atoms with Crippen molar-refractivity contribution in [2.75, 3.05) is 0 Å². The molecule has 2 heterocycles. The first-order valence-corrected chi connectivity index (χ1v) is 4.58. The van der Waals surface area contributed by atoms with Crippen molar-refractivity contribution in [2.24, 2.45) is 7.05 Å². The molecule has 0 aliphatic carbocycles. The van der Waals surface area contributed by atoms with Gasteiger partial charge in [-0.15, -0.1) is 0 Å². The zero-order valence-corrected chi connectivity index (χ0v) is 8.11. The van der Waals surface area contributed by atoms with Crippen molar-refractivity contribution in [1.82, 2.24) is 9.55 Å². The van der Waals surface area contributed by atoms with E-state index >= 15 is 0 Å². The number of nitrogens with zero attached hydrogens (tertiary/aromatic N) is 2. The first-order valence-electron chi connectivity index (χ1n) is 4.58. The Kier molecular flexibility index (Phi) is 1.29. The second-order valence-electron chi connectivity index (χ2n) is 3.47. The summed E-state index contributed by atoms with van der Waals surface area (Å²) in [7, 11) is 1.97. The monoisotopic (exact) mass is 186 g/mol. The van der Waals surface area contributed by atoms with Gasteiger partial charge in [-0.2, -0.15) is 0 Å². The first kappa shape index (κ1) is 7.62. The maximum Gasteiger partial charge on any atom is 0.227 e. The molecular formula is C11H10N2O. The van der Waals surface area contributed by atoms with Gasteiger partial charge in [-0.3, -0.25) is 0 Å². The molecule has 0 radical (unpaired) electrons. The molecule has 0 spiro atoms. The molecule has 2 aromatic heterocycles. The summed E-state index contributed by atoms with van der Waals surface area (Å²) in [5.41, 5.74) is 2.71. The SMILES string of the molecule is Cc1nc2c3ccccc3oc2n1C. The number of imidazole rings is 1. The standard InChI is InChI=1S/C11H10N2O/c1-7-12-10-8-5-3-4-6-9(8)14-11(10)13(7)2/h3-6H,1-2H3. The lowest BCUT2D eigenvalue weighted by Gasteiger charge is -1.91. The Hall–Kier alpha value is -1.77. The fourth-order valence-electron chi connectivity index (χ4n) is 1.74. The lowest BCUT2D eigenvalue weighted by Crippen LogP contribution is -1.89. The number of para-hydroxylation sites is 1. The number of aromatic nitrogens is 2. The summed E-state index contributed by atoms with van der Waals surface area (Å²) in [4.78, 5) is 4.47. The van der Waals surface area contributed by atoms with Crippen LogP contribution in [0.4, 0.5) is 0 Å². The van der Waals surface area contributed by atoms with Crippen LogP contribution in [0.5, 0.6) is 0 Å². The molecule has 0 fully saturated rings. The van der Waals surface area contributed by atoms with E-state index in [1.807, 2.05) is 42.8 Å². The van der Waals surface area contributed by atoms with E-state index in [4.69, 9.17) is 4.42 Å². The molecule has 0 saturated heterocycles. The molecule has 0 aliphatic heterocycles. The van der Waals surface area contributed by atoms with E-state index in [1.54, 1.807) is 0 Å². The number of hydrogen-bond donors (Lipinski definition) is 0. The van der Waals surface area contributed by atoms with Crippen molar-refractivity contribution >= 4 is 22.2 Å². The molecule has 0 unspecified atom stereocenters. The van der Waals surface area contributed by atoms with E-state index in [0.29, 0.717) is 0 Å². The molecule has 70 valence electrons. The highest BCUT2D eigenvalue weighted by Gasteiger charge is 2.12. The Labute approximate surface area is 81.0 Å². The van der Waals surface area contributed by atoms with Crippen molar-refractivity contribution < 1.29 is 4.42 Å². The van der Waals surface area contributed by atoms with Gasteiger partial charge in [-0.25, -0.2) is 4.98 Å². The minimum atomic E-state index is 0.851. The molecular weight excluding hydrogens is 176 g/mol. The molecule has 0 atom stereocenters. The van der Waals surface area contributed by atoms with E-state index in [-0.39, 0.29) is 0 Å². The largest absolute Gasteiger partial charge is 0.438 e. The summed E-state index contributed by atoms with van der Waals surface area (Å²) in [6.45, 7) is 1.98. The predicted molar refractivity (Wildman–Crippen MR) is 55.2 cm³/mol. The van der Waals surface area contributed by atoms with E-state index in [9.17, 15) is 0 Å². The minimum Gasteiger partial charge on any atom is -0.438 e. The smallest absolute Gasteiger partial charge is 0.227 e. The Bertz CT molecular complexity index is 619. The second kappa shape index (κ2) is 2.38. The average Bonchev–Trinajstić information content (AvgIpc) is 2.67. The summed E-state index contributed by atoms with van der Waals surface area (Å²) in [5.74, 6) is 0.976. The van der Waals surface area contributed by atoms with E-state index < -0.39 is 0 Å². The first-order chi connectivity index (χ1) is 6.77. The van der Waals surface area contributed by atoms with Crippen LogP contribution in [-0.4, -0.2) is 9.55 Å². The van der Waals surface area contributed by atoms with Crippen molar-refractivity contribution in [3.63, 3.8) is 0 Å². The van der Waals surface area contributed by atoms with Gasteiger partial charge in [0, 0.05) is 12.4 Å². The zero-order valence-electron chi connectivity index (χ0n) is 8.11. The summed E-state index contributed by atoms with van der Waals surface area (Å²) in [5, 5.41) is 1.09. The maximum absolute atomic E-state index is 5.70. The zero-order chi connectivity index (χ0) is 9.71. The van der Waals surface area contributed by atoms with Gasteiger partial charge in [-0.1, -0.05) is 12.1 Å². The molecule has 14 heavy (non-hydrogen) atoms. The Morgan fingerprint density at radius 1 is 1.29 bits per heavy atom. The number of aryl methyl sites for hydroxylation is 2. The van der Waals surface area contributed by atoms with Gasteiger partial charge in [0.2, 0.25) is 5.71 Å². The van der Waals surface area contributed by atoms with Crippen LogP contribution in [0.2, 0.25) is 0 Å². The van der Waals surface area contributed by atoms with Crippen LogP contribution < -0.4 is 0 Å². The summed E-state index contributed by atoms with van der Waals surface area (Å²) < 4.78 is 7.67. The fraction of sp³-hybridized carbons (Fsp3) is 0.182. The molecule has 0 amide bonds. The van der Waals surface area contributed by atoms with Gasteiger partial charge < -0.3 is 8.98 Å². The predicted octanol–water partition coefficient (Wildman–Crippen LogP) is 2.63. The van der Waals surface area contributed by atoms with Crippen LogP contribution in [0.1, 0.15) is 5.82 Å². The highest BCUT2D eigenvalue weighted by atomic mass is 16.3. The fourth-order valence-corrected chi connectivity index (χ4v) is 1.74. The van der Waals surface area contributed by atoms with E-state index in [0.717, 1.165) is 28.0 Å². The van der Waals surface area contributed by atoms with Crippen molar-refractivity contribution in [3.8, 4) is 0 Å². The molecule has 3 nitrogen and oxygen atoms in total. The van der Waals surface area contributed by atoms with Gasteiger partial charge >= 0.3 is 0 Å². The number of furan rings is 1. The number of hydrogen-bond acceptors (Lipinski definition) is 2. The molecule has 3 heteroatoms. The summed E-state index contributed by atoms with van der Waals surface area (Å²) in [6.07, 6.45) is 0. The van der Waals surface area contributed by atoms with Crippen molar-refractivity contribution in [1.29, 1.82) is 0 Å². The lowest BCUT2D eigenvalue weighted by atomic mass is 10.2. The van der Waals surface area contributed by atoms with Crippen LogP contribution in [-0.2, 0) is 7.05 Å². The van der Waals surface area contributed by atoms with Crippen molar-refractivity contribution in [2.45, 2.75) is 6.92 Å². The van der Waals surface area contributed by atoms with Crippen LogP contribution in [0.15, 0.2) is 28.7 Å². The van der Waals surface area contributed by atoms with Crippen molar-refractivity contribution in [3.05, 3.63) is 30.1 Å². The van der Waals surface area contributed by atoms with E-state index in [2.05, 4.69) is 4.98 Å². The van der Waals surface area contributed by atoms with Gasteiger partial charge in [-0.05, 0) is 19.1 Å². The lowest BCUT2D eigenvalue weighted by molar-refractivity contribution is 0.625. The molecule has 3 rings (SSSR count). The van der Waals surface area contributed by atoms with Gasteiger partial charge in [0.1, 0.15) is 16.9 Å². The Morgan fingerprint density at radius 3 is 2.93 bits per heavy atom. The third-order valence-corrected chi connectivity index (χ3v) is 2.62. The topological polar surface area (TPSA) is 31.0 Å². The van der Waals surface area contributed by atoms with Crippen LogP contribution in [0.25, 0.3) is 22.2 Å². The molecule has 1 aromatic carbocycles. The molecule has 0 aliphatic rings. The van der Waals surface area contributed by atoms with Crippen LogP contribution in [0, 0.1) is 6.92 Å². The molecule has 3 aromatic rings. The minimum absolute atomic E-state index is 0.851. The highest BCUT2D eigenvalue weighted by Crippen LogP contribution is 2.27. The Balaban J connectivity index is 2.60. The molecule has 0 N–H and O–H groups in total. The third kappa shape index (κ3) is 0.789. The normalized spacial score (nSPS) is 11.6. The third-order valence-electron chi connectivity index (χ3n) is 2.62. The Morgan fingerprint density at radius 2 is 2.07 bits per heavy atom. The van der Waals surface area contributed by atoms with Gasteiger partial charge in [0.25, 0.3) is 0 Å². The summed E-state index contributed by atoms with van der Waals surface area (Å²) in [6, 6.07) is 7.97. The maximum atomic E-state index is 5.70. The molecule has 0 saturated carbocycles. The van der Waals surface area contributed by atoms with Gasteiger partial charge in [0.05, 0.1) is 0 Å². The number of benzene rings is 1. The second-order valence-corrected chi connectivity index (χ2v) is 3.47. The molecule has 0 bridgehead atoms. The van der Waals surface area contributed by atoms with Gasteiger partial charge in [0.15, 0.2) is 0 Å². The average molecular weight is 186 g/mol. The number of rotatable bonds is 0. The van der Waals surface area contributed by atoms with Crippen LogP contribution in [0.3, 0.4) is 0 Å². The van der Waals surface area contributed by atoms with E-state index in [1.165, 1.54) is 0 Å². The van der Waals surface area contributed by atoms with Crippen LogP contribution >= 0.6 is 0 Å². The summed E-state index contributed by atoms with van der Waals surface area (Å²) >= 11 is 0. The quantitative estimate of drug-likeness (QED) is 0.540. The number of fused-ring (bicyclic) bond motifs is 3. The highest BCUT2D eigenvalue weighted by molar-refractivity contribution is 6.01.